The Labute approximate surface area is 137 Å². The van der Waals surface area contributed by atoms with Gasteiger partial charge >= 0.3 is 18.0 Å². The van der Waals surface area contributed by atoms with Crippen molar-refractivity contribution < 1.29 is 29.0 Å². The van der Waals surface area contributed by atoms with E-state index < -0.39 is 29.9 Å². The van der Waals surface area contributed by atoms with Crippen LogP contribution in [0.3, 0.4) is 0 Å². The molecule has 0 saturated carbocycles. The summed E-state index contributed by atoms with van der Waals surface area (Å²) < 4.78 is 9.95. The lowest BCUT2D eigenvalue weighted by molar-refractivity contribution is -0.173. The summed E-state index contributed by atoms with van der Waals surface area (Å²) in [6.07, 6.45) is -1.13. The van der Waals surface area contributed by atoms with Crippen molar-refractivity contribution in [2.45, 2.75) is 73.1 Å². The second-order valence-electron chi connectivity index (χ2n) is 7.45. The lowest BCUT2D eigenvalue weighted by Crippen LogP contribution is -2.53. The average Bonchev–Trinajstić information content (AvgIpc) is 2.33. The first kappa shape index (κ1) is 21.2. The third kappa shape index (κ3) is 8.42. The van der Waals surface area contributed by atoms with Gasteiger partial charge in [-0.15, -0.1) is 0 Å². The Morgan fingerprint density at radius 1 is 1.04 bits per heavy atom. The Kier molecular flexibility index (Phi) is 7.54. The molecule has 0 aliphatic heterocycles. The molecular formula is C16H29NO6. The number of carboxylic acids is 1. The molecule has 2 atom stereocenters. The van der Waals surface area contributed by atoms with Gasteiger partial charge in [-0.2, -0.15) is 0 Å². The van der Waals surface area contributed by atoms with Crippen LogP contribution in [0.5, 0.6) is 0 Å². The first-order chi connectivity index (χ1) is 10.3. The smallest absolute Gasteiger partial charge is 0.411 e. The maximum atomic E-state index is 12.0. The lowest BCUT2D eigenvalue weighted by atomic mass is 9.84. The van der Waals surface area contributed by atoms with E-state index in [2.05, 4.69) is 5.32 Å². The highest BCUT2D eigenvalue weighted by atomic mass is 16.7. The number of carboxylic acid groups (broad SMARTS) is 1. The summed E-state index contributed by atoms with van der Waals surface area (Å²) in [4.78, 5) is 34.5. The molecule has 0 radical (unpaired) electrons. The number of aliphatic carboxylic acids is 1. The third-order valence-electron chi connectivity index (χ3n) is 3.27. The second kappa shape index (κ2) is 8.17. The Balaban J connectivity index is 4.90. The van der Waals surface area contributed by atoms with Gasteiger partial charge in [0.25, 0.3) is 6.29 Å². The number of carbonyl (C=O) groups excluding carboxylic acids is 2. The van der Waals surface area contributed by atoms with Gasteiger partial charge in [0.15, 0.2) is 0 Å². The number of ether oxygens (including phenoxy) is 2. The number of esters is 1. The number of hydrogen-bond donors (Lipinski definition) is 2. The predicted octanol–water partition coefficient (Wildman–Crippen LogP) is 2.93. The number of amides is 1. The molecule has 0 aliphatic carbocycles. The standard InChI is InChI=1S/C16H29NO6/c1-10(2)12(22-11(3)18)23-14(21)17-16(7,13(19)20)9-8-15(4,5)6/h10,12H,8-9H2,1-7H3,(H,17,21)(H,19,20)/t12-,16+/m1/s1. The third-order valence-corrected chi connectivity index (χ3v) is 3.27. The van der Waals surface area contributed by atoms with E-state index in [9.17, 15) is 19.5 Å². The van der Waals surface area contributed by atoms with Gasteiger partial charge in [0, 0.05) is 12.8 Å². The number of alkyl carbamates (subject to hydrolysis) is 1. The van der Waals surface area contributed by atoms with Crippen LogP contribution in [0.15, 0.2) is 0 Å². The summed E-state index contributed by atoms with van der Waals surface area (Å²) in [6, 6.07) is 0. The van der Waals surface area contributed by atoms with Crippen LogP contribution in [-0.4, -0.2) is 35.0 Å². The molecule has 0 aromatic carbocycles. The maximum absolute atomic E-state index is 12.0. The molecular weight excluding hydrogens is 302 g/mol. The van der Waals surface area contributed by atoms with Crippen LogP contribution in [0.4, 0.5) is 4.79 Å². The van der Waals surface area contributed by atoms with E-state index in [0.29, 0.717) is 6.42 Å². The normalized spacial score (nSPS) is 15.5. The Hall–Kier alpha value is -1.79. The number of hydrogen-bond acceptors (Lipinski definition) is 5. The molecule has 134 valence electrons. The highest BCUT2D eigenvalue weighted by Gasteiger charge is 2.37. The van der Waals surface area contributed by atoms with Crippen molar-refractivity contribution >= 4 is 18.0 Å². The molecule has 0 fully saturated rings. The predicted molar refractivity (Wildman–Crippen MR) is 84.7 cm³/mol. The fourth-order valence-corrected chi connectivity index (χ4v) is 1.67. The van der Waals surface area contributed by atoms with E-state index >= 15 is 0 Å². The molecule has 7 heteroatoms. The van der Waals surface area contributed by atoms with Gasteiger partial charge < -0.3 is 19.9 Å². The minimum atomic E-state index is -1.46. The van der Waals surface area contributed by atoms with Crippen molar-refractivity contribution in [2.24, 2.45) is 11.3 Å². The van der Waals surface area contributed by atoms with Crippen LogP contribution in [-0.2, 0) is 19.1 Å². The Bertz CT molecular complexity index is 440. The van der Waals surface area contributed by atoms with Crippen molar-refractivity contribution in [3.8, 4) is 0 Å². The summed E-state index contributed by atoms with van der Waals surface area (Å²) in [5.41, 5.74) is -1.53. The average molecular weight is 331 g/mol. The molecule has 0 heterocycles. The highest BCUT2D eigenvalue weighted by molar-refractivity contribution is 5.83. The first-order valence-corrected chi connectivity index (χ1v) is 7.66. The highest BCUT2D eigenvalue weighted by Crippen LogP contribution is 2.26. The Morgan fingerprint density at radius 3 is 1.91 bits per heavy atom. The van der Waals surface area contributed by atoms with Crippen LogP contribution in [0.25, 0.3) is 0 Å². The summed E-state index contributed by atoms with van der Waals surface area (Å²) in [5, 5.41) is 11.8. The molecule has 2 N–H and O–H groups in total. The molecule has 0 rings (SSSR count). The minimum absolute atomic E-state index is 0.0689. The molecule has 7 nitrogen and oxygen atoms in total. The van der Waals surface area contributed by atoms with Gasteiger partial charge in [-0.25, -0.2) is 9.59 Å². The SMILES string of the molecule is CC(=O)O[C@H](OC(=O)N[C@@](C)(CCC(C)(C)C)C(=O)O)C(C)C. The molecule has 0 unspecified atom stereocenters. The number of carbonyl (C=O) groups is 3. The fraction of sp³-hybridized carbons (Fsp3) is 0.812. The van der Waals surface area contributed by atoms with Gasteiger partial charge in [0.2, 0.25) is 0 Å². The molecule has 0 aromatic rings. The topological polar surface area (TPSA) is 102 Å². The zero-order valence-corrected chi connectivity index (χ0v) is 15.1. The van der Waals surface area contributed by atoms with Crippen molar-refractivity contribution in [3.63, 3.8) is 0 Å². The van der Waals surface area contributed by atoms with Gasteiger partial charge in [-0.3, -0.25) is 4.79 Å². The van der Waals surface area contributed by atoms with Crippen LogP contribution < -0.4 is 5.32 Å². The van der Waals surface area contributed by atoms with Crippen LogP contribution in [0, 0.1) is 11.3 Å². The van der Waals surface area contributed by atoms with Crippen molar-refractivity contribution in [2.75, 3.05) is 0 Å². The molecule has 1 amide bonds. The molecule has 23 heavy (non-hydrogen) atoms. The Morgan fingerprint density at radius 2 is 1.57 bits per heavy atom. The summed E-state index contributed by atoms with van der Waals surface area (Å²) >= 11 is 0. The zero-order chi connectivity index (χ0) is 18.4. The maximum Gasteiger partial charge on any atom is 0.411 e. The van der Waals surface area contributed by atoms with Gasteiger partial charge in [0.05, 0.1) is 0 Å². The summed E-state index contributed by atoms with van der Waals surface area (Å²) in [5.74, 6) is -1.98. The monoisotopic (exact) mass is 331 g/mol. The number of nitrogens with one attached hydrogen (secondary N) is 1. The van der Waals surface area contributed by atoms with Crippen molar-refractivity contribution in [3.05, 3.63) is 0 Å². The summed E-state index contributed by atoms with van der Waals surface area (Å²) in [6.45, 7) is 12.0. The second-order valence-corrected chi connectivity index (χ2v) is 7.45. The zero-order valence-electron chi connectivity index (χ0n) is 15.1. The molecule has 0 aromatic heterocycles. The molecule has 0 saturated heterocycles. The summed E-state index contributed by atoms with van der Waals surface area (Å²) in [7, 11) is 0. The van der Waals surface area contributed by atoms with Gasteiger partial charge in [-0.1, -0.05) is 34.6 Å². The van der Waals surface area contributed by atoms with E-state index in [1.54, 1.807) is 13.8 Å². The van der Waals surface area contributed by atoms with Crippen LogP contribution in [0.1, 0.15) is 61.3 Å². The van der Waals surface area contributed by atoms with Gasteiger partial charge in [0.1, 0.15) is 5.54 Å². The van der Waals surface area contributed by atoms with E-state index in [-0.39, 0.29) is 17.8 Å². The van der Waals surface area contributed by atoms with Crippen LogP contribution >= 0.6 is 0 Å². The molecule has 0 aliphatic rings. The lowest BCUT2D eigenvalue weighted by Gasteiger charge is -2.30. The van der Waals surface area contributed by atoms with Crippen molar-refractivity contribution in [1.29, 1.82) is 0 Å². The minimum Gasteiger partial charge on any atom is -0.480 e. The molecule has 0 bridgehead atoms. The molecule has 0 spiro atoms. The van der Waals surface area contributed by atoms with Crippen molar-refractivity contribution in [1.82, 2.24) is 5.32 Å². The quantitative estimate of drug-likeness (QED) is 0.549. The van der Waals surface area contributed by atoms with E-state index in [4.69, 9.17) is 9.47 Å². The fourth-order valence-electron chi connectivity index (χ4n) is 1.67. The largest absolute Gasteiger partial charge is 0.480 e. The van der Waals surface area contributed by atoms with E-state index in [1.165, 1.54) is 13.8 Å². The van der Waals surface area contributed by atoms with Crippen LogP contribution in [0.2, 0.25) is 0 Å². The van der Waals surface area contributed by atoms with E-state index in [0.717, 1.165) is 0 Å². The number of rotatable bonds is 7. The first-order valence-electron chi connectivity index (χ1n) is 7.66. The van der Waals surface area contributed by atoms with Gasteiger partial charge in [-0.05, 0) is 25.2 Å². The van der Waals surface area contributed by atoms with E-state index in [1.807, 2.05) is 20.8 Å².